The Hall–Kier alpha value is -1.33. The molecule has 1 fully saturated rings. The maximum Gasteiger partial charge on any atom is 0.174 e. The lowest BCUT2D eigenvalue weighted by Gasteiger charge is -2.37. The van der Waals surface area contributed by atoms with Gasteiger partial charge in [0.05, 0.1) is 6.67 Å². The predicted molar refractivity (Wildman–Crippen MR) is 110 cm³/mol. The van der Waals surface area contributed by atoms with E-state index in [1.54, 1.807) is 0 Å². The summed E-state index contributed by atoms with van der Waals surface area (Å²) in [6.07, 6.45) is 1.08. The van der Waals surface area contributed by atoms with Gasteiger partial charge in [0.2, 0.25) is 0 Å². The molecule has 2 aromatic rings. The molecule has 6 heteroatoms. The highest BCUT2D eigenvalue weighted by atomic mass is 35.5. The number of halogens is 2. The molecule has 0 aliphatic carbocycles. The molecule has 0 atom stereocenters. The molecule has 3 rings (SSSR count). The number of rotatable bonds is 3. The third-order valence-electron chi connectivity index (χ3n) is 4.28. The second-order valence-corrected chi connectivity index (χ2v) is 7.57. The number of nitrogens with one attached hydrogen (secondary N) is 1. The van der Waals surface area contributed by atoms with Crippen LogP contribution >= 0.6 is 35.4 Å². The summed E-state index contributed by atoms with van der Waals surface area (Å²) in [5.74, 6) is 0. The van der Waals surface area contributed by atoms with Crippen LogP contribution in [0.3, 0.4) is 0 Å². The maximum atomic E-state index is 6.19. The summed E-state index contributed by atoms with van der Waals surface area (Å²) in [4.78, 5) is 4.57. The third kappa shape index (κ3) is 5.08. The number of thiocarbonyl (C=S) groups is 1. The molecule has 0 saturated carbocycles. The first-order valence-corrected chi connectivity index (χ1v) is 9.46. The van der Waals surface area contributed by atoms with Crippen LogP contribution in [0.1, 0.15) is 17.5 Å². The predicted octanol–water partition coefficient (Wildman–Crippen LogP) is 5.16. The van der Waals surface area contributed by atoms with Crippen molar-refractivity contribution in [2.75, 3.05) is 25.1 Å². The molecule has 2 aromatic carbocycles. The Bertz CT molecular complexity index is 766. The molecule has 0 radical (unpaired) electrons. The number of nitrogens with zero attached hydrogens (tertiary/aromatic N) is 2. The summed E-state index contributed by atoms with van der Waals surface area (Å²) in [5, 5.41) is 5.55. The number of hydrogen-bond donors (Lipinski definition) is 1. The van der Waals surface area contributed by atoms with Crippen LogP contribution in [0.15, 0.2) is 42.5 Å². The van der Waals surface area contributed by atoms with Crippen molar-refractivity contribution >= 4 is 46.2 Å². The second-order valence-electron chi connectivity index (χ2n) is 6.33. The van der Waals surface area contributed by atoms with Crippen molar-refractivity contribution in [2.45, 2.75) is 19.9 Å². The van der Waals surface area contributed by atoms with Gasteiger partial charge in [0.1, 0.15) is 0 Å². The average molecular weight is 394 g/mol. The minimum absolute atomic E-state index is 0.732. The number of benzene rings is 2. The molecule has 1 aliphatic heterocycles. The Morgan fingerprint density at radius 1 is 1.16 bits per heavy atom. The zero-order valence-corrected chi connectivity index (χ0v) is 16.5. The fourth-order valence-corrected chi connectivity index (χ4v) is 3.59. The van der Waals surface area contributed by atoms with Crippen LogP contribution in [0, 0.1) is 6.92 Å². The Kier molecular flexibility index (Phi) is 6.18. The van der Waals surface area contributed by atoms with E-state index in [0.29, 0.717) is 0 Å². The Morgan fingerprint density at radius 3 is 2.76 bits per heavy atom. The molecule has 0 bridgehead atoms. The smallest absolute Gasteiger partial charge is 0.174 e. The molecule has 1 saturated heterocycles. The lowest BCUT2D eigenvalue weighted by atomic mass is 10.2. The average Bonchev–Trinajstić information content (AvgIpc) is 2.58. The number of aryl methyl sites for hydroxylation is 1. The molecule has 0 spiro atoms. The Labute approximate surface area is 164 Å². The minimum Gasteiger partial charge on any atom is -0.336 e. The largest absolute Gasteiger partial charge is 0.336 e. The van der Waals surface area contributed by atoms with E-state index in [2.05, 4.69) is 21.2 Å². The van der Waals surface area contributed by atoms with Gasteiger partial charge in [-0.1, -0.05) is 41.4 Å². The van der Waals surface area contributed by atoms with Crippen LogP contribution < -0.4 is 5.32 Å². The molecular weight excluding hydrogens is 373 g/mol. The van der Waals surface area contributed by atoms with E-state index < -0.39 is 0 Å². The van der Waals surface area contributed by atoms with E-state index in [0.717, 1.165) is 59.1 Å². The van der Waals surface area contributed by atoms with E-state index in [4.69, 9.17) is 35.4 Å². The van der Waals surface area contributed by atoms with Crippen molar-refractivity contribution in [3.05, 3.63) is 63.6 Å². The first kappa shape index (κ1) is 18.5. The standard InChI is InChI=1S/C19H21Cl2N3S/c1-14-6-7-17(11-18(14)21)22-19(25)24-9-3-8-23(13-24)12-15-4-2-5-16(20)10-15/h2,4-7,10-11H,3,8-9,12-13H2,1H3,(H,22,25). The summed E-state index contributed by atoms with van der Waals surface area (Å²) >= 11 is 17.9. The first-order chi connectivity index (χ1) is 12.0. The number of anilines is 1. The van der Waals surface area contributed by atoms with Crippen LogP contribution in [0.4, 0.5) is 5.69 Å². The van der Waals surface area contributed by atoms with Gasteiger partial charge in [-0.25, -0.2) is 0 Å². The van der Waals surface area contributed by atoms with Gasteiger partial charge in [0, 0.05) is 35.4 Å². The molecule has 1 N–H and O–H groups in total. The third-order valence-corrected chi connectivity index (χ3v) is 5.28. The lowest BCUT2D eigenvalue weighted by molar-refractivity contribution is 0.134. The van der Waals surface area contributed by atoms with Crippen LogP contribution in [-0.2, 0) is 6.54 Å². The Balaban J connectivity index is 1.60. The fraction of sp³-hybridized carbons (Fsp3) is 0.316. The van der Waals surface area contributed by atoms with Gasteiger partial charge in [0.25, 0.3) is 0 Å². The van der Waals surface area contributed by atoms with Crippen molar-refractivity contribution in [1.82, 2.24) is 9.80 Å². The first-order valence-electron chi connectivity index (χ1n) is 8.30. The molecule has 25 heavy (non-hydrogen) atoms. The van der Waals surface area contributed by atoms with Gasteiger partial charge in [-0.15, -0.1) is 0 Å². The van der Waals surface area contributed by atoms with E-state index >= 15 is 0 Å². The van der Waals surface area contributed by atoms with Gasteiger partial charge in [-0.05, 0) is 61.0 Å². The quantitative estimate of drug-likeness (QED) is 0.725. The summed E-state index contributed by atoms with van der Waals surface area (Å²) < 4.78 is 0. The molecule has 3 nitrogen and oxygen atoms in total. The lowest BCUT2D eigenvalue weighted by Crippen LogP contribution is -2.48. The highest BCUT2D eigenvalue weighted by Gasteiger charge is 2.20. The van der Waals surface area contributed by atoms with Crippen molar-refractivity contribution in [2.24, 2.45) is 0 Å². The van der Waals surface area contributed by atoms with Crippen LogP contribution in [0.5, 0.6) is 0 Å². The van der Waals surface area contributed by atoms with E-state index in [9.17, 15) is 0 Å². The van der Waals surface area contributed by atoms with E-state index in [1.165, 1.54) is 5.56 Å². The van der Waals surface area contributed by atoms with Gasteiger partial charge in [-0.3, -0.25) is 4.90 Å². The highest BCUT2D eigenvalue weighted by molar-refractivity contribution is 7.80. The normalized spacial score (nSPS) is 15.2. The molecule has 0 amide bonds. The van der Waals surface area contributed by atoms with E-state index in [1.807, 2.05) is 43.3 Å². The summed E-state index contributed by atoms with van der Waals surface area (Å²) in [5.41, 5.74) is 3.20. The van der Waals surface area contributed by atoms with Gasteiger partial charge < -0.3 is 10.2 Å². The van der Waals surface area contributed by atoms with Crippen LogP contribution in [0.25, 0.3) is 0 Å². The summed E-state index contributed by atoms with van der Waals surface area (Å²) in [6.45, 7) is 5.68. The zero-order chi connectivity index (χ0) is 17.8. The molecule has 1 heterocycles. The number of hydrogen-bond acceptors (Lipinski definition) is 2. The van der Waals surface area contributed by atoms with Crippen molar-refractivity contribution in [1.29, 1.82) is 0 Å². The molecular formula is C19H21Cl2N3S. The highest BCUT2D eigenvalue weighted by Crippen LogP contribution is 2.21. The SMILES string of the molecule is Cc1ccc(NC(=S)N2CCCN(Cc3cccc(Cl)c3)C2)cc1Cl. The van der Waals surface area contributed by atoms with Crippen molar-refractivity contribution < 1.29 is 0 Å². The van der Waals surface area contributed by atoms with Crippen molar-refractivity contribution in [3.63, 3.8) is 0 Å². The summed E-state index contributed by atoms with van der Waals surface area (Å²) in [6, 6.07) is 13.9. The molecule has 0 unspecified atom stereocenters. The molecule has 0 aromatic heterocycles. The van der Waals surface area contributed by atoms with Gasteiger partial charge in [0.15, 0.2) is 5.11 Å². The van der Waals surface area contributed by atoms with Crippen LogP contribution in [-0.4, -0.2) is 34.7 Å². The molecule has 132 valence electrons. The maximum absolute atomic E-state index is 6.19. The fourth-order valence-electron chi connectivity index (χ4n) is 2.93. The topological polar surface area (TPSA) is 18.5 Å². The second kappa shape index (κ2) is 8.37. The Morgan fingerprint density at radius 2 is 2.00 bits per heavy atom. The van der Waals surface area contributed by atoms with Gasteiger partial charge >= 0.3 is 0 Å². The monoisotopic (exact) mass is 393 g/mol. The molecule has 1 aliphatic rings. The zero-order valence-electron chi connectivity index (χ0n) is 14.1. The van der Waals surface area contributed by atoms with Crippen LogP contribution in [0.2, 0.25) is 10.0 Å². The summed E-state index contributed by atoms with van der Waals surface area (Å²) in [7, 11) is 0. The van der Waals surface area contributed by atoms with Gasteiger partial charge in [-0.2, -0.15) is 0 Å². The minimum atomic E-state index is 0.732. The van der Waals surface area contributed by atoms with E-state index in [-0.39, 0.29) is 0 Å². The van der Waals surface area contributed by atoms with Crippen molar-refractivity contribution in [3.8, 4) is 0 Å².